The highest BCUT2D eigenvalue weighted by molar-refractivity contribution is 6.35. The number of nitriles is 1. The van der Waals surface area contributed by atoms with E-state index in [0.717, 1.165) is 27.8 Å². The van der Waals surface area contributed by atoms with E-state index in [1.54, 1.807) is 18.3 Å². The van der Waals surface area contributed by atoms with Crippen molar-refractivity contribution in [2.24, 2.45) is 4.99 Å². The molecule has 0 saturated carbocycles. The van der Waals surface area contributed by atoms with Gasteiger partial charge in [0, 0.05) is 33.0 Å². The first kappa shape index (κ1) is 24.4. The van der Waals surface area contributed by atoms with Crippen molar-refractivity contribution >= 4 is 35.3 Å². The number of halogens is 2. The van der Waals surface area contributed by atoms with Gasteiger partial charge in [0.2, 0.25) is 5.88 Å². The minimum Gasteiger partial charge on any atom is -0.489 e. The van der Waals surface area contributed by atoms with Gasteiger partial charge in [-0.2, -0.15) is 5.26 Å². The highest BCUT2D eigenvalue weighted by Crippen LogP contribution is 2.42. The molecule has 0 saturated heterocycles. The fourth-order valence-electron chi connectivity index (χ4n) is 3.87. The van der Waals surface area contributed by atoms with Crippen LogP contribution in [0.2, 0.25) is 10.0 Å². The number of ether oxygens (including phenoxy) is 1. The maximum absolute atomic E-state index is 10.0. The van der Waals surface area contributed by atoms with Crippen molar-refractivity contribution in [1.82, 2.24) is 0 Å². The average Bonchev–Trinajstić information content (AvgIpc) is 3.31. The third-order valence-corrected chi connectivity index (χ3v) is 6.31. The molecule has 5 rings (SSSR count). The van der Waals surface area contributed by atoms with Crippen LogP contribution in [0, 0.1) is 11.3 Å². The Morgan fingerprint density at radius 2 is 1.51 bits per heavy atom. The molecule has 0 bridgehead atoms. The van der Waals surface area contributed by atoms with Crippen molar-refractivity contribution < 1.29 is 9.15 Å². The molecule has 0 aliphatic rings. The summed E-state index contributed by atoms with van der Waals surface area (Å²) in [5, 5.41) is 11.2. The number of nitrogens with zero attached hydrogens (tertiary/aromatic N) is 2. The number of aliphatic imine (C=N–C) groups is 1. The molecule has 0 N–H and O–H groups in total. The van der Waals surface area contributed by atoms with Crippen LogP contribution in [0.4, 0.5) is 5.88 Å². The SMILES string of the molecule is N#Cc1c(N=Cc2ccc(OCc3ccc(Cl)cc3Cl)cc2)oc(-c2ccccc2)c1-c1ccccc1. The van der Waals surface area contributed by atoms with Crippen LogP contribution in [0.1, 0.15) is 16.7 Å². The van der Waals surface area contributed by atoms with Gasteiger partial charge in [0.05, 0.1) is 0 Å². The molecule has 0 amide bonds. The molecule has 1 heterocycles. The Kier molecular flexibility index (Phi) is 7.37. The second-order valence-electron chi connectivity index (χ2n) is 8.18. The summed E-state index contributed by atoms with van der Waals surface area (Å²) in [7, 11) is 0. The lowest BCUT2D eigenvalue weighted by atomic mass is 9.98. The van der Waals surface area contributed by atoms with Crippen LogP contribution in [0.25, 0.3) is 22.5 Å². The Morgan fingerprint density at radius 3 is 2.16 bits per heavy atom. The van der Waals surface area contributed by atoms with Crippen molar-refractivity contribution in [1.29, 1.82) is 5.26 Å². The molecular weight excluding hydrogens is 503 g/mol. The molecule has 1 aromatic heterocycles. The van der Waals surface area contributed by atoms with Crippen LogP contribution in [-0.4, -0.2) is 6.21 Å². The Morgan fingerprint density at radius 1 is 0.838 bits per heavy atom. The summed E-state index contributed by atoms with van der Waals surface area (Å²) in [6.07, 6.45) is 1.67. The fourth-order valence-corrected chi connectivity index (χ4v) is 4.33. The molecule has 4 aromatic carbocycles. The number of rotatable bonds is 7. The van der Waals surface area contributed by atoms with Gasteiger partial charge in [-0.1, -0.05) is 89.9 Å². The van der Waals surface area contributed by atoms with Crippen LogP contribution >= 0.6 is 23.2 Å². The van der Waals surface area contributed by atoms with Gasteiger partial charge in [-0.05, 0) is 47.5 Å². The van der Waals surface area contributed by atoms with E-state index in [1.807, 2.05) is 91.0 Å². The minimum absolute atomic E-state index is 0.262. The lowest BCUT2D eigenvalue weighted by Crippen LogP contribution is -1.96. The lowest BCUT2D eigenvalue weighted by molar-refractivity contribution is 0.306. The molecule has 0 aliphatic carbocycles. The topological polar surface area (TPSA) is 58.5 Å². The van der Waals surface area contributed by atoms with E-state index in [2.05, 4.69) is 11.1 Å². The summed E-state index contributed by atoms with van der Waals surface area (Å²) < 4.78 is 12.0. The minimum atomic E-state index is 0.262. The highest BCUT2D eigenvalue weighted by atomic mass is 35.5. The molecule has 6 heteroatoms. The third kappa shape index (κ3) is 5.59. The Bertz CT molecular complexity index is 1590. The molecule has 37 heavy (non-hydrogen) atoms. The van der Waals surface area contributed by atoms with Crippen molar-refractivity contribution in [3.8, 4) is 34.3 Å². The zero-order valence-corrected chi connectivity index (χ0v) is 21.1. The van der Waals surface area contributed by atoms with Crippen molar-refractivity contribution in [2.75, 3.05) is 0 Å². The van der Waals surface area contributed by atoms with Gasteiger partial charge in [0.1, 0.15) is 29.7 Å². The predicted molar refractivity (Wildman–Crippen MR) is 149 cm³/mol. The Hall–Kier alpha value is -4.30. The molecule has 0 atom stereocenters. The molecule has 0 unspecified atom stereocenters. The van der Waals surface area contributed by atoms with Crippen LogP contribution in [0.5, 0.6) is 5.75 Å². The van der Waals surface area contributed by atoms with Crippen molar-refractivity contribution in [3.63, 3.8) is 0 Å². The van der Waals surface area contributed by atoms with Crippen molar-refractivity contribution in [2.45, 2.75) is 6.61 Å². The first-order chi connectivity index (χ1) is 18.1. The molecular formula is C31H20Cl2N2O2. The van der Waals surface area contributed by atoms with Crippen LogP contribution < -0.4 is 4.74 Å². The van der Waals surface area contributed by atoms with E-state index in [4.69, 9.17) is 32.4 Å². The van der Waals surface area contributed by atoms with Crippen LogP contribution in [0.15, 0.2) is 113 Å². The fraction of sp³-hybridized carbons (Fsp3) is 0.0323. The maximum atomic E-state index is 10.0. The van der Waals surface area contributed by atoms with E-state index < -0.39 is 0 Å². The quantitative estimate of drug-likeness (QED) is 0.200. The summed E-state index contributed by atoms with van der Waals surface area (Å²) >= 11 is 12.2. The first-order valence-electron chi connectivity index (χ1n) is 11.5. The van der Waals surface area contributed by atoms with Gasteiger partial charge in [0.25, 0.3) is 0 Å². The summed E-state index contributed by atoms with van der Waals surface area (Å²) in [5.74, 6) is 1.56. The molecule has 0 fully saturated rings. The Balaban J connectivity index is 1.40. The molecule has 0 aliphatic heterocycles. The zero-order valence-electron chi connectivity index (χ0n) is 19.6. The lowest BCUT2D eigenvalue weighted by Gasteiger charge is -2.08. The van der Waals surface area contributed by atoms with Gasteiger partial charge >= 0.3 is 0 Å². The summed E-state index contributed by atoms with van der Waals surface area (Å²) in [6.45, 7) is 0.325. The van der Waals surface area contributed by atoms with Crippen LogP contribution in [0.3, 0.4) is 0 Å². The number of benzene rings is 4. The molecule has 180 valence electrons. The highest BCUT2D eigenvalue weighted by Gasteiger charge is 2.22. The average molecular weight is 523 g/mol. The summed E-state index contributed by atoms with van der Waals surface area (Å²) in [5.41, 5.74) is 4.57. The Labute approximate surface area is 225 Å². The number of hydrogen-bond donors (Lipinski definition) is 0. The summed E-state index contributed by atoms with van der Waals surface area (Å²) in [4.78, 5) is 4.54. The molecule has 0 spiro atoms. The van der Waals surface area contributed by atoms with E-state index in [1.165, 1.54) is 0 Å². The first-order valence-corrected chi connectivity index (χ1v) is 12.3. The van der Waals surface area contributed by atoms with E-state index in [-0.39, 0.29) is 5.88 Å². The zero-order chi connectivity index (χ0) is 25.6. The largest absolute Gasteiger partial charge is 0.489 e. The third-order valence-electron chi connectivity index (χ3n) is 5.72. The van der Waals surface area contributed by atoms with Gasteiger partial charge in [-0.25, -0.2) is 4.99 Å². The number of furan rings is 1. The standard InChI is InChI=1S/C31H20Cl2N2O2/c32-25-14-13-24(28(33)17-25)20-36-26-15-11-21(12-16-26)19-35-31-27(18-34)29(22-7-3-1-4-8-22)30(37-31)23-9-5-2-6-10-23/h1-17,19H,20H2. The van der Waals surface area contributed by atoms with Gasteiger partial charge in [-0.15, -0.1) is 0 Å². The summed E-state index contributed by atoms with van der Waals surface area (Å²) in [6, 6.07) is 34.5. The second kappa shape index (κ2) is 11.2. The smallest absolute Gasteiger partial charge is 0.238 e. The van der Waals surface area contributed by atoms with E-state index in [0.29, 0.717) is 33.7 Å². The predicted octanol–water partition coefficient (Wildman–Crippen LogP) is 9.12. The number of hydrogen-bond acceptors (Lipinski definition) is 4. The van der Waals surface area contributed by atoms with E-state index >= 15 is 0 Å². The monoisotopic (exact) mass is 522 g/mol. The van der Waals surface area contributed by atoms with Gasteiger partial charge < -0.3 is 9.15 Å². The molecule has 0 radical (unpaired) electrons. The van der Waals surface area contributed by atoms with Gasteiger partial charge in [-0.3, -0.25) is 0 Å². The van der Waals surface area contributed by atoms with Crippen LogP contribution in [-0.2, 0) is 6.61 Å². The van der Waals surface area contributed by atoms with Crippen molar-refractivity contribution in [3.05, 3.63) is 130 Å². The normalized spacial score (nSPS) is 10.9. The maximum Gasteiger partial charge on any atom is 0.238 e. The molecule has 5 aromatic rings. The molecule has 4 nitrogen and oxygen atoms in total. The second-order valence-corrected chi connectivity index (χ2v) is 9.03. The van der Waals surface area contributed by atoms with Gasteiger partial charge in [0.15, 0.2) is 0 Å². The van der Waals surface area contributed by atoms with E-state index in [9.17, 15) is 5.26 Å².